The van der Waals surface area contributed by atoms with Crippen molar-refractivity contribution in [3.05, 3.63) is 35.1 Å². The Hall–Kier alpha value is -2.09. The first kappa shape index (κ1) is 15.3. The number of carboxylic acid groups (broad SMARTS) is 1. The molecule has 114 valence electrons. The summed E-state index contributed by atoms with van der Waals surface area (Å²) >= 11 is 0. The quantitative estimate of drug-likeness (QED) is 0.829. The molecule has 1 saturated heterocycles. The average Bonchev–Trinajstić information content (AvgIpc) is 2.45. The summed E-state index contributed by atoms with van der Waals surface area (Å²) in [5.74, 6) is -7.26. The number of hydrogen-bond acceptors (Lipinski definition) is 3. The lowest BCUT2D eigenvalue weighted by atomic mass is 9.89. The molecule has 2 rings (SSSR count). The lowest BCUT2D eigenvalue weighted by Gasteiger charge is -2.33. The van der Waals surface area contributed by atoms with E-state index in [1.165, 1.54) is 0 Å². The fourth-order valence-corrected chi connectivity index (χ4v) is 2.10. The maximum Gasteiger partial charge on any atom is 0.329 e. The largest absolute Gasteiger partial charge is 0.480 e. The molecule has 1 aliphatic rings. The highest BCUT2D eigenvalue weighted by molar-refractivity contribution is 5.98. The van der Waals surface area contributed by atoms with Crippen molar-refractivity contribution in [2.45, 2.75) is 18.4 Å². The Bertz CT molecular complexity index is 585. The van der Waals surface area contributed by atoms with E-state index in [1.54, 1.807) is 0 Å². The minimum atomic E-state index is -1.78. The Labute approximate surface area is 117 Å². The summed E-state index contributed by atoms with van der Waals surface area (Å²) in [7, 11) is 0. The van der Waals surface area contributed by atoms with Crippen LogP contribution in [-0.4, -0.2) is 35.7 Å². The first-order valence-electron chi connectivity index (χ1n) is 6.14. The molecule has 1 aromatic carbocycles. The van der Waals surface area contributed by atoms with Gasteiger partial charge >= 0.3 is 5.97 Å². The van der Waals surface area contributed by atoms with Crippen LogP contribution in [-0.2, 0) is 9.53 Å². The summed E-state index contributed by atoms with van der Waals surface area (Å²) in [6, 6.07) is 1.36. The molecule has 0 unspecified atom stereocenters. The molecule has 0 aromatic heterocycles. The highest BCUT2D eigenvalue weighted by atomic mass is 19.2. The zero-order chi connectivity index (χ0) is 15.6. The molecule has 1 aromatic rings. The van der Waals surface area contributed by atoms with Gasteiger partial charge in [-0.3, -0.25) is 4.79 Å². The van der Waals surface area contributed by atoms with Crippen molar-refractivity contribution in [3.8, 4) is 0 Å². The Morgan fingerprint density at radius 3 is 2.33 bits per heavy atom. The fraction of sp³-hybridized carbons (Fsp3) is 0.385. The van der Waals surface area contributed by atoms with Crippen LogP contribution in [0.3, 0.4) is 0 Å². The van der Waals surface area contributed by atoms with Crippen molar-refractivity contribution in [2.75, 3.05) is 13.2 Å². The summed E-state index contributed by atoms with van der Waals surface area (Å²) in [6.07, 6.45) is -0.00125. The number of benzene rings is 1. The van der Waals surface area contributed by atoms with Crippen LogP contribution in [0.1, 0.15) is 23.2 Å². The van der Waals surface area contributed by atoms with E-state index >= 15 is 0 Å². The van der Waals surface area contributed by atoms with Crippen LogP contribution in [0.5, 0.6) is 0 Å². The molecule has 21 heavy (non-hydrogen) atoms. The minimum Gasteiger partial charge on any atom is -0.480 e. The first-order valence-corrected chi connectivity index (χ1v) is 6.14. The second kappa shape index (κ2) is 5.72. The van der Waals surface area contributed by atoms with Gasteiger partial charge in [-0.05, 0) is 12.1 Å². The van der Waals surface area contributed by atoms with E-state index in [9.17, 15) is 27.9 Å². The summed E-state index contributed by atoms with van der Waals surface area (Å²) in [4.78, 5) is 23.3. The molecule has 5 nitrogen and oxygen atoms in total. The third-order valence-electron chi connectivity index (χ3n) is 3.39. The number of halogens is 3. The van der Waals surface area contributed by atoms with Crippen molar-refractivity contribution in [1.29, 1.82) is 0 Å². The molecule has 0 atom stereocenters. The highest BCUT2D eigenvalue weighted by Crippen LogP contribution is 2.23. The molecule has 8 heteroatoms. The van der Waals surface area contributed by atoms with Gasteiger partial charge in [0.1, 0.15) is 5.54 Å². The Kier molecular flexibility index (Phi) is 4.17. The van der Waals surface area contributed by atoms with Crippen molar-refractivity contribution in [1.82, 2.24) is 5.32 Å². The molecular formula is C13H12F3NO4. The third-order valence-corrected chi connectivity index (χ3v) is 3.39. The van der Waals surface area contributed by atoms with E-state index < -0.39 is 40.4 Å². The SMILES string of the molecule is O=C(NC1(C(=O)O)CCOCC1)c1ccc(F)c(F)c1F. The van der Waals surface area contributed by atoms with Gasteiger partial charge in [-0.15, -0.1) is 0 Å². The predicted octanol–water partition coefficient (Wildman–Crippen LogP) is 1.47. The normalized spacial score (nSPS) is 17.3. The lowest BCUT2D eigenvalue weighted by molar-refractivity contribution is -0.148. The monoisotopic (exact) mass is 303 g/mol. The summed E-state index contributed by atoms with van der Waals surface area (Å²) in [6.45, 7) is 0.236. The van der Waals surface area contributed by atoms with Gasteiger partial charge in [-0.25, -0.2) is 18.0 Å². The van der Waals surface area contributed by atoms with Crippen LogP contribution >= 0.6 is 0 Å². The second-order valence-corrected chi connectivity index (χ2v) is 4.68. The Morgan fingerprint density at radius 2 is 1.76 bits per heavy atom. The van der Waals surface area contributed by atoms with Gasteiger partial charge in [0.2, 0.25) is 0 Å². The number of aliphatic carboxylic acids is 1. The number of carbonyl (C=O) groups is 2. The van der Waals surface area contributed by atoms with E-state index in [0.717, 1.165) is 6.07 Å². The molecule has 1 amide bonds. The van der Waals surface area contributed by atoms with Crippen LogP contribution in [0.2, 0.25) is 0 Å². The standard InChI is InChI=1S/C13H12F3NO4/c14-8-2-1-7(9(15)10(8)16)11(18)17-13(12(19)20)3-5-21-6-4-13/h1-2H,3-6H2,(H,17,18)(H,19,20). The minimum absolute atomic E-state index is 0.000626. The van der Waals surface area contributed by atoms with Gasteiger partial charge in [0.05, 0.1) is 5.56 Å². The van der Waals surface area contributed by atoms with E-state index in [1.807, 2.05) is 0 Å². The summed E-state index contributed by atoms with van der Waals surface area (Å²) < 4.78 is 44.5. The number of ether oxygens (including phenoxy) is 1. The van der Waals surface area contributed by atoms with Gasteiger partial charge < -0.3 is 15.2 Å². The molecule has 1 fully saturated rings. The predicted molar refractivity (Wildman–Crippen MR) is 64.2 cm³/mol. The summed E-state index contributed by atoms with van der Waals surface area (Å²) in [5.41, 5.74) is -2.35. The Balaban J connectivity index is 2.28. The van der Waals surface area contributed by atoms with Crippen LogP contribution in [0, 0.1) is 17.5 Å². The molecule has 2 N–H and O–H groups in total. The number of carbonyl (C=O) groups excluding carboxylic acids is 1. The van der Waals surface area contributed by atoms with Crippen LogP contribution in [0.15, 0.2) is 12.1 Å². The number of nitrogens with one attached hydrogen (secondary N) is 1. The molecule has 1 aliphatic heterocycles. The van der Waals surface area contributed by atoms with Crippen molar-refractivity contribution >= 4 is 11.9 Å². The van der Waals surface area contributed by atoms with E-state index in [2.05, 4.69) is 5.32 Å². The van der Waals surface area contributed by atoms with Gasteiger partial charge in [-0.1, -0.05) is 0 Å². The number of amides is 1. The molecule has 0 radical (unpaired) electrons. The summed E-state index contributed by atoms with van der Waals surface area (Å²) in [5, 5.41) is 11.4. The van der Waals surface area contributed by atoms with E-state index in [-0.39, 0.29) is 26.1 Å². The number of rotatable bonds is 3. The van der Waals surface area contributed by atoms with Crippen LogP contribution < -0.4 is 5.32 Å². The molecule has 0 bridgehead atoms. The molecule has 1 heterocycles. The molecule has 0 aliphatic carbocycles. The molecule has 0 saturated carbocycles. The number of carboxylic acids is 1. The smallest absolute Gasteiger partial charge is 0.329 e. The van der Waals surface area contributed by atoms with Crippen LogP contribution in [0.4, 0.5) is 13.2 Å². The van der Waals surface area contributed by atoms with Crippen LogP contribution in [0.25, 0.3) is 0 Å². The maximum atomic E-state index is 13.5. The van der Waals surface area contributed by atoms with Crippen molar-refractivity contribution in [2.24, 2.45) is 0 Å². The lowest BCUT2D eigenvalue weighted by Crippen LogP contribution is -2.57. The fourth-order valence-electron chi connectivity index (χ4n) is 2.10. The zero-order valence-electron chi connectivity index (χ0n) is 10.8. The topological polar surface area (TPSA) is 75.6 Å². The van der Waals surface area contributed by atoms with Gasteiger partial charge in [0.25, 0.3) is 5.91 Å². The second-order valence-electron chi connectivity index (χ2n) is 4.68. The zero-order valence-corrected chi connectivity index (χ0v) is 10.8. The van der Waals surface area contributed by atoms with E-state index in [4.69, 9.17) is 4.74 Å². The molecular weight excluding hydrogens is 291 g/mol. The maximum absolute atomic E-state index is 13.5. The Morgan fingerprint density at radius 1 is 1.14 bits per heavy atom. The molecule has 0 spiro atoms. The van der Waals surface area contributed by atoms with Gasteiger partial charge in [0.15, 0.2) is 17.5 Å². The number of hydrogen-bond donors (Lipinski definition) is 2. The van der Waals surface area contributed by atoms with Gasteiger partial charge in [-0.2, -0.15) is 0 Å². The van der Waals surface area contributed by atoms with Crippen molar-refractivity contribution < 1.29 is 32.6 Å². The third kappa shape index (κ3) is 2.85. The highest BCUT2D eigenvalue weighted by Gasteiger charge is 2.42. The average molecular weight is 303 g/mol. The van der Waals surface area contributed by atoms with Crippen molar-refractivity contribution in [3.63, 3.8) is 0 Å². The van der Waals surface area contributed by atoms with E-state index in [0.29, 0.717) is 6.07 Å². The first-order chi connectivity index (χ1) is 9.87. The van der Waals surface area contributed by atoms with Gasteiger partial charge in [0, 0.05) is 26.1 Å².